The number of aromatic nitrogens is 1. The predicted octanol–water partition coefficient (Wildman–Crippen LogP) is 3.08. The highest BCUT2D eigenvalue weighted by Gasteiger charge is 2.05. The molecular formula is C17H16N2O2. The van der Waals surface area contributed by atoms with Crippen molar-refractivity contribution in [3.05, 3.63) is 66.2 Å². The maximum Gasteiger partial charge on any atom is 0.220 e. The molecule has 0 saturated carbocycles. The number of aryl methyl sites for hydroxylation is 1. The Bertz CT molecular complexity index is 735. The molecule has 0 atom stereocenters. The third kappa shape index (κ3) is 3.48. The maximum absolute atomic E-state index is 11.8. The molecular weight excluding hydrogens is 264 g/mol. The molecule has 0 unspecified atom stereocenters. The second kappa shape index (κ2) is 6.22. The minimum Gasteiger partial charge on any atom is -0.467 e. The molecule has 0 saturated heterocycles. The van der Waals surface area contributed by atoms with Crippen LogP contribution in [-0.4, -0.2) is 10.9 Å². The molecule has 0 bridgehead atoms. The number of pyridine rings is 1. The summed E-state index contributed by atoms with van der Waals surface area (Å²) in [5, 5.41) is 3.95. The van der Waals surface area contributed by atoms with E-state index in [9.17, 15) is 4.79 Å². The number of fused-ring (bicyclic) bond motifs is 1. The Balaban J connectivity index is 1.54. The summed E-state index contributed by atoms with van der Waals surface area (Å²) >= 11 is 0. The van der Waals surface area contributed by atoms with Crippen LogP contribution in [0, 0.1) is 0 Å². The first-order chi connectivity index (χ1) is 10.3. The largest absolute Gasteiger partial charge is 0.467 e. The van der Waals surface area contributed by atoms with Gasteiger partial charge in [-0.05, 0) is 30.7 Å². The lowest BCUT2D eigenvalue weighted by atomic mass is 10.1. The zero-order chi connectivity index (χ0) is 14.5. The van der Waals surface area contributed by atoms with Gasteiger partial charge in [0.05, 0.1) is 18.3 Å². The number of para-hydroxylation sites is 1. The van der Waals surface area contributed by atoms with Crippen molar-refractivity contribution in [2.45, 2.75) is 19.4 Å². The third-order valence-corrected chi connectivity index (χ3v) is 3.30. The normalized spacial score (nSPS) is 10.7. The van der Waals surface area contributed by atoms with Gasteiger partial charge in [0.25, 0.3) is 0 Å². The molecule has 0 aliphatic carbocycles. The summed E-state index contributed by atoms with van der Waals surface area (Å²) in [6, 6.07) is 15.6. The topological polar surface area (TPSA) is 55.1 Å². The minimum atomic E-state index is 0.00126. The van der Waals surface area contributed by atoms with Crippen LogP contribution in [-0.2, 0) is 17.8 Å². The molecule has 3 aromatic rings. The summed E-state index contributed by atoms with van der Waals surface area (Å²) < 4.78 is 5.17. The molecule has 21 heavy (non-hydrogen) atoms. The number of nitrogens with zero attached hydrogens (tertiary/aromatic N) is 1. The molecule has 0 aliphatic rings. The molecule has 2 aromatic heterocycles. The molecule has 2 heterocycles. The lowest BCUT2D eigenvalue weighted by Crippen LogP contribution is -2.22. The fourth-order valence-corrected chi connectivity index (χ4v) is 2.18. The smallest absolute Gasteiger partial charge is 0.220 e. The van der Waals surface area contributed by atoms with Gasteiger partial charge < -0.3 is 9.73 Å². The van der Waals surface area contributed by atoms with Gasteiger partial charge in [-0.3, -0.25) is 9.78 Å². The number of furan rings is 1. The standard InChI is InChI=1S/C17H16N2O2/c20-17(18-12-15-5-3-11-21-15)10-9-14-8-7-13-4-1-2-6-16(13)19-14/h1-8,11H,9-10,12H2,(H,18,20). The Morgan fingerprint density at radius 1 is 1.10 bits per heavy atom. The first-order valence-corrected chi connectivity index (χ1v) is 6.95. The van der Waals surface area contributed by atoms with Crippen molar-refractivity contribution in [1.29, 1.82) is 0 Å². The lowest BCUT2D eigenvalue weighted by molar-refractivity contribution is -0.121. The quantitative estimate of drug-likeness (QED) is 0.781. The van der Waals surface area contributed by atoms with Crippen molar-refractivity contribution in [1.82, 2.24) is 10.3 Å². The number of carbonyl (C=O) groups is 1. The van der Waals surface area contributed by atoms with Crippen LogP contribution < -0.4 is 5.32 Å². The van der Waals surface area contributed by atoms with E-state index in [0.29, 0.717) is 19.4 Å². The molecule has 106 valence electrons. The van der Waals surface area contributed by atoms with Crippen molar-refractivity contribution in [2.75, 3.05) is 0 Å². The Morgan fingerprint density at radius 3 is 2.86 bits per heavy atom. The van der Waals surface area contributed by atoms with E-state index in [1.807, 2.05) is 42.5 Å². The number of hydrogen-bond acceptors (Lipinski definition) is 3. The lowest BCUT2D eigenvalue weighted by Gasteiger charge is -2.04. The number of nitrogens with one attached hydrogen (secondary N) is 1. The summed E-state index contributed by atoms with van der Waals surface area (Å²) in [6.07, 6.45) is 2.65. The monoisotopic (exact) mass is 280 g/mol. The van der Waals surface area contributed by atoms with Gasteiger partial charge in [0.1, 0.15) is 5.76 Å². The van der Waals surface area contributed by atoms with Crippen LogP contribution in [0.15, 0.2) is 59.2 Å². The molecule has 0 spiro atoms. The molecule has 1 amide bonds. The van der Waals surface area contributed by atoms with Crippen LogP contribution in [0.25, 0.3) is 10.9 Å². The van der Waals surface area contributed by atoms with Gasteiger partial charge in [0, 0.05) is 17.5 Å². The molecule has 3 rings (SSSR count). The number of rotatable bonds is 5. The fourth-order valence-electron chi connectivity index (χ4n) is 2.18. The zero-order valence-corrected chi connectivity index (χ0v) is 11.6. The van der Waals surface area contributed by atoms with E-state index in [4.69, 9.17) is 4.42 Å². The summed E-state index contributed by atoms with van der Waals surface area (Å²) in [6.45, 7) is 0.428. The first kappa shape index (κ1) is 13.4. The van der Waals surface area contributed by atoms with E-state index < -0.39 is 0 Å². The van der Waals surface area contributed by atoms with E-state index in [2.05, 4.69) is 10.3 Å². The van der Waals surface area contributed by atoms with Crippen LogP contribution in [0.5, 0.6) is 0 Å². The van der Waals surface area contributed by atoms with Gasteiger partial charge in [-0.25, -0.2) is 0 Å². The van der Waals surface area contributed by atoms with Crippen LogP contribution >= 0.6 is 0 Å². The van der Waals surface area contributed by atoms with Gasteiger partial charge in [0.2, 0.25) is 5.91 Å². The SMILES string of the molecule is O=C(CCc1ccc2ccccc2n1)NCc1ccco1. The average Bonchev–Trinajstić information content (AvgIpc) is 3.04. The average molecular weight is 280 g/mol. The van der Waals surface area contributed by atoms with Crippen molar-refractivity contribution >= 4 is 16.8 Å². The molecule has 1 aromatic carbocycles. The van der Waals surface area contributed by atoms with Crippen molar-refractivity contribution < 1.29 is 9.21 Å². The minimum absolute atomic E-state index is 0.00126. The van der Waals surface area contributed by atoms with E-state index in [0.717, 1.165) is 22.4 Å². The highest BCUT2D eigenvalue weighted by Crippen LogP contribution is 2.12. The van der Waals surface area contributed by atoms with Gasteiger partial charge in [0.15, 0.2) is 0 Å². The van der Waals surface area contributed by atoms with Crippen molar-refractivity contribution in [3.8, 4) is 0 Å². The number of benzene rings is 1. The maximum atomic E-state index is 11.8. The summed E-state index contributed by atoms with van der Waals surface area (Å²) in [4.78, 5) is 16.4. The zero-order valence-electron chi connectivity index (χ0n) is 11.6. The number of hydrogen-bond donors (Lipinski definition) is 1. The molecule has 0 fully saturated rings. The van der Waals surface area contributed by atoms with Gasteiger partial charge in [-0.15, -0.1) is 0 Å². The van der Waals surface area contributed by atoms with E-state index >= 15 is 0 Å². The predicted molar refractivity (Wildman–Crippen MR) is 80.6 cm³/mol. The highest BCUT2D eigenvalue weighted by molar-refractivity contribution is 5.79. The Hall–Kier alpha value is -2.62. The Kier molecular flexibility index (Phi) is 3.96. The van der Waals surface area contributed by atoms with E-state index in [1.165, 1.54) is 0 Å². The van der Waals surface area contributed by atoms with Crippen LogP contribution in [0.1, 0.15) is 17.9 Å². The second-order valence-electron chi connectivity index (χ2n) is 4.85. The summed E-state index contributed by atoms with van der Waals surface area (Å²) in [5.74, 6) is 0.758. The first-order valence-electron chi connectivity index (χ1n) is 6.95. The van der Waals surface area contributed by atoms with Crippen molar-refractivity contribution in [2.24, 2.45) is 0 Å². The second-order valence-corrected chi connectivity index (χ2v) is 4.85. The Labute approximate surface area is 122 Å². The molecule has 0 aliphatic heterocycles. The van der Waals surface area contributed by atoms with Gasteiger partial charge >= 0.3 is 0 Å². The van der Waals surface area contributed by atoms with Crippen LogP contribution in [0.3, 0.4) is 0 Å². The third-order valence-electron chi connectivity index (χ3n) is 3.30. The molecule has 4 heteroatoms. The van der Waals surface area contributed by atoms with E-state index in [1.54, 1.807) is 12.3 Å². The number of amides is 1. The van der Waals surface area contributed by atoms with Gasteiger partial charge in [-0.1, -0.05) is 24.3 Å². The number of carbonyl (C=O) groups excluding carboxylic acids is 1. The van der Waals surface area contributed by atoms with Gasteiger partial charge in [-0.2, -0.15) is 0 Å². The Morgan fingerprint density at radius 2 is 2.00 bits per heavy atom. The molecule has 4 nitrogen and oxygen atoms in total. The summed E-state index contributed by atoms with van der Waals surface area (Å²) in [5.41, 5.74) is 1.90. The van der Waals surface area contributed by atoms with Crippen molar-refractivity contribution in [3.63, 3.8) is 0 Å². The van der Waals surface area contributed by atoms with Crippen LogP contribution in [0.4, 0.5) is 0 Å². The fraction of sp³-hybridized carbons (Fsp3) is 0.176. The highest BCUT2D eigenvalue weighted by atomic mass is 16.3. The van der Waals surface area contributed by atoms with Crippen LogP contribution in [0.2, 0.25) is 0 Å². The summed E-state index contributed by atoms with van der Waals surface area (Å²) in [7, 11) is 0. The molecule has 0 radical (unpaired) electrons. The molecule has 1 N–H and O–H groups in total. The van der Waals surface area contributed by atoms with E-state index in [-0.39, 0.29) is 5.91 Å².